The van der Waals surface area contributed by atoms with E-state index < -0.39 is 29.6 Å². The number of fused-ring (bicyclic) bond motifs is 3. The summed E-state index contributed by atoms with van der Waals surface area (Å²) in [7, 11) is 0. The highest BCUT2D eigenvalue weighted by Gasteiger charge is 2.41. The number of carbonyl (C=O) groups is 3. The SMILES string of the molecule is CC1SCC(C(=O)O)N1C(=O)CC(NC(=O)OCC1c2ccccc2-c2ccccc21)C(C)(C)C. The Hall–Kier alpha value is -3.00. The molecule has 7 nitrogen and oxygen atoms in total. The molecule has 0 saturated carbocycles. The van der Waals surface area contributed by atoms with Crippen molar-refractivity contribution in [1.29, 1.82) is 0 Å². The summed E-state index contributed by atoms with van der Waals surface area (Å²) in [5.41, 5.74) is 4.13. The number of benzene rings is 2. The smallest absolute Gasteiger partial charge is 0.407 e. The maximum atomic E-state index is 13.1. The predicted molar refractivity (Wildman–Crippen MR) is 136 cm³/mol. The lowest BCUT2D eigenvalue weighted by Crippen LogP contribution is -2.50. The molecule has 0 aromatic heterocycles. The number of alkyl carbamates (subject to hydrolysis) is 1. The standard InChI is InChI=1S/C27H32N2O5S/c1-16-29(22(15-35-16)25(31)32)24(30)13-23(27(2,3)4)28-26(33)34-14-21-19-11-7-5-9-17(19)18-10-6-8-12-20(18)21/h5-12,16,21-23H,13-15H2,1-4H3,(H,28,33)(H,31,32). The van der Waals surface area contributed by atoms with E-state index in [-0.39, 0.29) is 30.2 Å². The van der Waals surface area contributed by atoms with Gasteiger partial charge in [0.15, 0.2) is 0 Å². The number of thioether (sulfide) groups is 1. The number of hydrogen-bond acceptors (Lipinski definition) is 5. The van der Waals surface area contributed by atoms with Gasteiger partial charge in [0.1, 0.15) is 12.6 Å². The number of carboxylic acid groups (broad SMARTS) is 1. The van der Waals surface area contributed by atoms with Crippen LogP contribution in [0.15, 0.2) is 48.5 Å². The first-order valence-electron chi connectivity index (χ1n) is 11.8. The molecular formula is C27H32N2O5S. The molecule has 1 saturated heterocycles. The van der Waals surface area contributed by atoms with Crippen LogP contribution in [-0.4, -0.2) is 57.8 Å². The summed E-state index contributed by atoms with van der Waals surface area (Å²) in [4.78, 5) is 39.0. The van der Waals surface area contributed by atoms with Gasteiger partial charge >= 0.3 is 12.1 Å². The summed E-state index contributed by atoms with van der Waals surface area (Å²) in [6.45, 7) is 7.82. The van der Waals surface area contributed by atoms with Crippen LogP contribution in [0, 0.1) is 5.41 Å². The molecule has 3 atom stereocenters. The fourth-order valence-corrected chi connectivity index (χ4v) is 6.04. The largest absolute Gasteiger partial charge is 0.480 e. The van der Waals surface area contributed by atoms with Gasteiger partial charge in [-0.05, 0) is 34.6 Å². The van der Waals surface area contributed by atoms with Crippen molar-refractivity contribution in [2.45, 2.75) is 57.5 Å². The van der Waals surface area contributed by atoms with E-state index in [0.717, 1.165) is 22.3 Å². The van der Waals surface area contributed by atoms with Crippen LogP contribution in [0.3, 0.4) is 0 Å². The number of hydrogen-bond donors (Lipinski definition) is 2. The summed E-state index contributed by atoms with van der Waals surface area (Å²) >= 11 is 1.44. The summed E-state index contributed by atoms with van der Waals surface area (Å²) in [6, 6.07) is 14.9. The third-order valence-corrected chi connectivity index (χ3v) is 8.07. The first-order valence-corrected chi connectivity index (χ1v) is 12.9. The van der Waals surface area contributed by atoms with E-state index in [1.165, 1.54) is 16.7 Å². The van der Waals surface area contributed by atoms with Gasteiger partial charge in [0.05, 0.1) is 5.37 Å². The molecule has 3 unspecified atom stereocenters. The van der Waals surface area contributed by atoms with Crippen LogP contribution in [-0.2, 0) is 14.3 Å². The predicted octanol–water partition coefficient (Wildman–Crippen LogP) is 4.70. The minimum absolute atomic E-state index is 0.00236. The van der Waals surface area contributed by atoms with Crippen molar-refractivity contribution in [3.8, 4) is 11.1 Å². The topological polar surface area (TPSA) is 95.9 Å². The minimum atomic E-state index is -1.01. The van der Waals surface area contributed by atoms with Crippen molar-refractivity contribution in [3.63, 3.8) is 0 Å². The van der Waals surface area contributed by atoms with E-state index in [9.17, 15) is 19.5 Å². The zero-order valence-corrected chi connectivity index (χ0v) is 21.3. The highest BCUT2D eigenvalue weighted by Crippen LogP contribution is 2.44. The minimum Gasteiger partial charge on any atom is -0.480 e. The molecule has 0 spiro atoms. The average Bonchev–Trinajstić information content (AvgIpc) is 3.35. The molecule has 1 aliphatic carbocycles. The van der Waals surface area contributed by atoms with Gasteiger partial charge in [0, 0.05) is 24.1 Å². The van der Waals surface area contributed by atoms with E-state index in [1.807, 2.05) is 52.0 Å². The fraction of sp³-hybridized carbons (Fsp3) is 0.444. The number of amides is 2. The molecule has 0 radical (unpaired) electrons. The van der Waals surface area contributed by atoms with Crippen molar-refractivity contribution >= 4 is 29.7 Å². The maximum Gasteiger partial charge on any atom is 0.407 e. The lowest BCUT2D eigenvalue weighted by Gasteiger charge is -2.33. The van der Waals surface area contributed by atoms with Crippen molar-refractivity contribution in [1.82, 2.24) is 10.2 Å². The Balaban J connectivity index is 1.43. The number of aliphatic carboxylic acids is 1. The van der Waals surface area contributed by atoms with Crippen molar-refractivity contribution in [3.05, 3.63) is 59.7 Å². The molecule has 2 amide bonds. The van der Waals surface area contributed by atoms with Crippen LogP contribution >= 0.6 is 11.8 Å². The lowest BCUT2D eigenvalue weighted by atomic mass is 9.84. The van der Waals surface area contributed by atoms with Crippen LogP contribution in [0.4, 0.5) is 4.79 Å². The number of nitrogens with one attached hydrogen (secondary N) is 1. The van der Waals surface area contributed by atoms with Crippen LogP contribution in [0.2, 0.25) is 0 Å². The zero-order valence-electron chi connectivity index (χ0n) is 20.5. The molecule has 8 heteroatoms. The molecule has 0 bridgehead atoms. The summed E-state index contributed by atoms with van der Waals surface area (Å²) < 4.78 is 5.68. The van der Waals surface area contributed by atoms with E-state index in [1.54, 1.807) is 0 Å². The lowest BCUT2D eigenvalue weighted by molar-refractivity contribution is -0.149. The van der Waals surface area contributed by atoms with Gasteiger partial charge in [0.25, 0.3) is 0 Å². The fourth-order valence-electron chi connectivity index (χ4n) is 4.85. The quantitative estimate of drug-likeness (QED) is 0.602. The van der Waals surface area contributed by atoms with Crippen LogP contribution in [0.25, 0.3) is 11.1 Å². The van der Waals surface area contributed by atoms with Crippen molar-refractivity contribution in [2.24, 2.45) is 5.41 Å². The molecule has 186 valence electrons. The Kier molecular flexibility index (Phi) is 7.12. The number of carboxylic acids is 1. The second-order valence-corrected chi connectivity index (χ2v) is 11.5. The van der Waals surface area contributed by atoms with Crippen molar-refractivity contribution in [2.75, 3.05) is 12.4 Å². The second kappa shape index (κ2) is 9.93. The van der Waals surface area contributed by atoms with Gasteiger partial charge in [-0.15, -0.1) is 11.8 Å². The highest BCUT2D eigenvalue weighted by molar-refractivity contribution is 8.00. The average molecular weight is 497 g/mol. The van der Waals surface area contributed by atoms with Gasteiger partial charge in [-0.25, -0.2) is 9.59 Å². The number of nitrogens with zero attached hydrogens (tertiary/aromatic N) is 1. The summed E-state index contributed by atoms with van der Waals surface area (Å²) in [5, 5.41) is 12.2. The molecule has 2 aromatic rings. The number of carbonyl (C=O) groups excluding carboxylic acids is 2. The van der Waals surface area contributed by atoms with Crippen LogP contribution < -0.4 is 5.32 Å². The zero-order chi connectivity index (χ0) is 25.3. The molecule has 2 aliphatic rings. The van der Waals surface area contributed by atoms with E-state index >= 15 is 0 Å². The molecule has 35 heavy (non-hydrogen) atoms. The third kappa shape index (κ3) is 5.17. The molecule has 2 aromatic carbocycles. The summed E-state index contributed by atoms with van der Waals surface area (Å²) in [6.07, 6.45) is -0.583. The Bertz CT molecular complexity index is 1080. The summed E-state index contributed by atoms with van der Waals surface area (Å²) in [5.74, 6) is -0.982. The molecule has 1 aliphatic heterocycles. The van der Waals surface area contributed by atoms with Gasteiger partial charge in [-0.1, -0.05) is 69.3 Å². The van der Waals surface area contributed by atoms with Crippen LogP contribution in [0.5, 0.6) is 0 Å². The molecular weight excluding hydrogens is 464 g/mol. The monoisotopic (exact) mass is 496 g/mol. The Labute approximate surface area is 210 Å². The van der Waals surface area contributed by atoms with Gasteiger partial charge in [0.2, 0.25) is 5.91 Å². The maximum absolute atomic E-state index is 13.1. The van der Waals surface area contributed by atoms with Gasteiger partial charge < -0.3 is 20.1 Å². The Morgan fingerprint density at radius 1 is 1.09 bits per heavy atom. The molecule has 4 rings (SSSR count). The first-order chi connectivity index (χ1) is 16.6. The first kappa shape index (κ1) is 25.1. The Morgan fingerprint density at radius 2 is 1.66 bits per heavy atom. The van der Waals surface area contributed by atoms with Crippen molar-refractivity contribution < 1.29 is 24.2 Å². The van der Waals surface area contributed by atoms with E-state index in [0.29, 0.717) is 5.75 Å². The third-order valence-electron chi connectivity index (χ3n) is 6.86. The van der Waals surface area contributed by atoms with Gasteiger partial charge in [-0.3, -0.25) is 4.79 Å². The molecule has 1 fully saturated rings. The normalized spacial score (nSPS) is 20.2. The Morgan fingerprint density at radius 3 is 2.20 bits per heavy atom. The molecule has 1 heterocycles. The van der Waals surface area contributed by atoms with E-state index in [2.05, 4.69) is 29.6 Å². The van der Waals surface area contributed by atoms with E-state index in [4.69, 9.17) is 4.74 Å². The number of ether oxygens (including phenoxy) is 1. The van der Waals surface area contributed by atoms with Crippen LogP contribution in [0.1, 0.15) is 51.2 Å². The molecule has 2 N–H and O–H groups in total. The number of rotatable bonds is 6. The highest BCUT2D eigenvalue weighted by atomic mass is 32.2. The van der Waals surface area contributed by atoms with Gasteiger partial charge in [-0.2, -0.15) is 0 Å². The second-order valence-electron chi connectivity index (χ2n) is 10.2.